The molecule has 0 spiro atoms. The van der Waals surface area contributed by atoms with Crippen LogP contribution >= 0.6 is 11.3 Å². The molecule has 5 heteroatoms. The van der Waals surface area contributed by atoms with Gasteiger partial charge in [0, 0.05) is 49.4 Å². The highest BCUT2D eigenvalue weighted by Gasteiger charge is 2.13. The zero-order valence-electron chi connectivity index (χ0n) is 15.1. The topological polar surface area (TPSA) is 31.4 Å². The zero-order valence-corrected chi connectivity index (χ0v) is 15.9. The number of anilines is 2. The van der Waals surface area contributed by atoms with Gasteiger partial charge in [-0.25, -0.2) is 4.98 Å². The van der Waals surface area contributed by atoms with Crippen molar-refractivity contribution in [2.24, 2.45) is 0 Å². The average Bonchev–Trinajstić information content (AvgIpc) is 3.14. The Hall–Kier alpha value is -2.21. The Bertz CT molecular complexity index is 821. The maximum Gasteiger partial charge on any atom is 0.187 e. The summed E-state index contributed by atoms with van der Waals surface area (Å²) >= 11 is 1.64. The summed E-state index contributed by atoms with van der Waals surface area (Å²) in [5.74, 6) is 0. The van der Waals surface area contributed by atoms with Gasteiger partial charge in [-0.2, -0.15) is 0 Å². The molecule has 1 saturated heterocycles. The Morgan fingerprint density at radius 1 is 0.962 bits per heavy atom. The van der Waals surface area contributed by atoms with E-state index in [2.05, 4.69) is 63.9 Å². The van der Waals surface area contributed by atoms with Gasteiger partial charge in [0.2, 0.25) is 0 Å². The monoisotopic (exact) mass is 364 g/mol. The fraction of sp³-hybridized carbons (Fsp3) is 0.286. The van der Waals surface area contributed by atoms with E-state index in [9.17, 15) is 0 Å². The molecule has 2 heterocycles. The number of piperazine rings is 1. The molecule has 26 heavy (non-hydrogen) atoms. The summed E-state index contributed by atoms with van der Waals surface area (Å²) in [6.07, 6.45) is 0. The average molecular weight is 365 g/mol. The van der Waals surface area contributed by atoms with Crippen molar-refractivity contribution in [3.05, 3.63) is 65.5 Å². The van der Waals surface area contributed by atoms with E-state index in [0.717, 1.165) is 54.8 Å². The first-order valence-electron chi connectivity index (χ1n) is 9.04. The molecule has 0 radical (unpaired) electrons. The van der Waals surface area contributed by atoms with Crippen molar-refractivity contribution in [2.45, 2.75) is 6.54 Å². The first-order chi connectivity index (χ1) is 12.8. The van der Waals surface area contributed by atoms with Crippen LogP contribution in [0, 0.1) is 0 Å². The van der Waals surface area contributed by atoms with E-state index in [1.54, 1.807) is 11.3 Å². The third-order valence-electron chi connectivity index (χ3n) is 4.78. The maximum absolute atomic E-state index is 4.69. The van der Waals surface area contributed by atoms with Gasteiger partial charge in [0.15, 0.2) is 5.13 Å². The Kier molecular flexibility index (Phi) is 5.29. The van der Waals surface area contributed by atoms with Gasteiger partial charge in [-0.1, -0.05) is 42.5 Å². The number of benzene rings is 2. The van der Waals surface area contributed by atoms with Gasteiger partial charge in [-0.3, -0.25) is 4.90 Å². The molecule has 3 aromatic rings. The number of hydrogen-bond acceptors (Lipinski definition) is 5. The third-order valence-corrected chi connectivity index (χ3v) is 5.54. The lowest BCUT2D eigenvalue weighted by atomic mass is 10.2. The van der Waals surface area contributed by atoms with E-state index in [4.69, 9.17) is 4.98 Å². The molecule has 0 atom stereocenters. The van der Waals surface area contributed by atoms with Crippen LogP contribution in [-0.2, 0) is 6.54 Å². The largest absolute Gasteiger partial charge is 0.332 e. The summed E-state index contributed by atoms with van der Waals surface area (Å²) in [4.78, 5) is 9.61. The number of rotatable bonds is 5. The highest BCUT2D eigenvalue weighted by molar-refractivity contribution is 7.14. The van der Waals surface area contributed by atoms with Crippen LogP contribution in [0.1, 0.15) is 5.56 Å². The van der Waals surface area contributed by atoms with Crippen LogP contribution in [0.2, 0.25) is 0 Å². The Balaban J connectivity index is 1.36. The van der Waals surface area contributed by atoms with Gasteiger partial charge in [-0.05, 0) is 24.7 Å². The summed E-state index contributed by atoms with van der Waals surface area (Å²) in [5, 5.41) is 6.44. The molecule has 1 N–H and O–H groups in total. The van der Waals surface area contributed by atoms with Crippen LogP contribution in [0.25, 0.3) is 11.3 Å². The second kappa shape index (κ2) is 7.99. The normalized spacial score (nSPS) is 15.9. The third kappa shape index (κ3) is 4.30. The zero-order chi connectivity index (χ0) is 17.8. The summed E-state index contributed by atoms with van der Waals surface area (Å²) in [5.41, 5.74) is 4.62. The van der Waals surface area contributed by atoms with E-state index in [1.165, 1.54) is 5.56 Å². The molecule has 0 unspecified atom stereocenters. The minimum atomic E-state index is 0.927. The quantitative estimate of drug-likeness (QED) is 0.731. The van der Waals surface area contributed by atoms with Crippen LogP contribution in [0.15, 0.2) is 60.0 Å². The molecule has 0 aliphatic carbocycles. The van der Waals surface area contributed by atoms with Crippen molar-refractivity contribution in [3.8, 4) is 11.3 Å². The van der Waals surface area contributed by atoms with E-state index >= 15 is 0 Å². The molecular formula is C21H24N4S. The molecule has 1 aliphatic rings. The van der Waals surface area contributed by atoms with Crippen molar-refractivity contribution < 1.29 is 0 Å². The number of nitrogens with zero attached hydrogens (tertiary/aromatic N) is 3. The minimum Gasteiger partial charge on any atom is -0.332 e. The number of likely N-dealkylation sites (N-methyl/N-ethyl adjacent to an activating group) is 1. The summed E-state index contributed by atoms with van der Waals surface area (Å²) < 4.78 is 0. The van der Waals surface area contributed by atoms with Crippen molar-refractivity contribution in [2.75, 3.05) is 38.5 Å². The van der Waals surface area contributed by atoms with E-state index in [1.807, 2.05) is 18.2 Å². The second-order valence-electron chi connectivity index (χ2n) is 6.81. The lowest BCUT2D eigenvalue weighted by Gasteiger charge is -2.32. The molecule has 4 nitrogen and oxygen atoms in total. The molecule has 1 fully saturated rings. The predicted molar refractivity (Wildman–Crippen MR) is 110 cm³/mol. The molecule has 4 rings (SSSR count). The van der Waals surface area contributed by atoms with Crippen molar-refractivity contribution in [1.29, 1.82) is 0 Å². The summed E-state index contributed by atoms with van der Waals surface area (Å²) in [6, 6.07) is 19.0. The van der Waals surface area contributed by atoms with Gasteiger partial charge in [0.1, 0.15) is 0 Å². The molecule has 1 aliphatic heterocycles. The molecule has 0 saturated carbocycles. The molecule has 0 amide bonds. The van der Waals surface area contributed by atoms with E-state index in [-0.39, 0.29) is 0 Å². The second-order valence-corrected chi connectivity index (χ2v) is 7.66. The maximum atomic E-state index is 4.69. The number of thiazole rings is 1. The first kappa shape index (κ1) is 17.2. The van der Waals surface area contributed by atoms with Crippen LogP contribution in [0.4, 0.5) is 10.8 Å². The molecular weight excluding hydrogens is 340 g/mol. The predicted octanol–water partition coefficient (Wildman–Crippen LogP) is 4.30. The van der Waals surface area contributed by atoms with Crippen molar-refractivity contribution in [3.63, 3.8) is 0 Å². The minimum absolute atomic E-state index is 0.927. The first-order valence-corrected chi connectivity index (χ1v) is 9.92. The van der Waals surface area contributed by atoms with Gasteiger partial charge in [0.05, 0.1) is 5.69 Å². The van der Waals surface area contributed by atoms with Crippen LogP contribution in [0.3, 0.4) is 0 Å². The Labute approximate surface area is 159 Å². The standard InChI is InChI=1S/C21H24N4S/c1-24-11-13-25(14-12-24)15-17-7-9-19(10-8-17)22-21-23-20(16-26-21)18-5-3-2-4-6-18/h2-10,16H,11-15H2,1H3,(H,22,23). The lowest BCUT2D eigenvalue weighted by Crippen LogP contribution is -2.43. The summed E-state index contributed by atoms with van der Waals surface area (Å²) in [6.45, 7) is 5.65. The van der Waals surface area contributed by atoms with Crippen LogP contribution in [0.5, 0.6) is 0 Å². The van der Waals surface area contributed by atoms with Gasteiger partial charge < -0.3 is 10.2 Å². The highest BCUT2D eigenvalue weighted by Crippen LogP contribution is 2.27. The number of aromatic nitrogens is 1. The fourth-order valence-corrected chi connectivity index (χ4v) is 3.89. The van der Waals surface area contributed by atoms with Gasteiger partial charge in [0.25, 0.3) is 0 Å². The number of hydrogen-bond donors (Lipinski definition) is 1. The van der Waals surface area contributed by atoms with Gasteiger partial charge >= 0.3 is 0 Å². The van der Waals surface area contributed by atoms with Crippen LogP contribution in [-0.4, -0.2) is 48.0 Å². The SMILES string of the molecule is CN1CCN(Cc2ccc(Nc3nc(-c4ccccc4)cs3)cc2)CC1. The lowest BCUT2D eigenvalue weighted by molar-refractivity contribution is 0.148. The van der Waals surface area contributed by atoms with Crippen molar-refractivity contribution in [1.82, 2.24) is 14.8 Å². The number of nitrogens with one attached hydrogen (secondary N) is 1. The van der Waals surface area contributed by atoms with Crippen LogP contribution < -0.4 is 5.32 Å². The fourth-order valence-electron chi connectivity index (χ4n) is 3.15. The van der Waals surface area contributed by atoms with E-state index < -0.39 is 0 Å². The Morgan fingerprint density at radius 3 is 2.42 bits per heavy atom. The van der Waals surface area contributed by atoms with Crippen molar-refractivity contribution >= 4 is 22.2 Å². The highest BCUT2D eigenvalue weighted by atomic mass is 32.1. The molecule has 134 valence electrons. The Morgan fingerprint density at radius 2 is 1.69 bits per heavy atom. The van der Waals surface area contributed by atoms with Gasteiger partial charge in [-0.15, -0.1) is 11.3 Å². The molecule has 0 bridgehead atoms. The van der Waals surface area contributed by atoms with E-state index in [0.29, 0.717) is 0 Å². The summed E-state index contributed by atoms with van der Waals surface area (Å²) in [7, 11) is 2.19. The molecule has 1 aromatic heterocycles. The smallest absolute Gasteiger partial charge is 0.187 e. The molecule has 2 aromatic carbocycles.